The largest absolute Gasteiger partial charge is 0.358 e. The Hall–Kier alpha value is -1.89. The fraction of sp³-hybridized carbons (Fsp3) is 0.643. The van der Waals surface area contributed by atoms with Crippen LogP contribution < -0.4 is 5.32 Å². The van der Waals surface area contributed by atoms with Crippen molar-refractivity contribution in [1.82, 2.24) is 25.3 Å². The standard InChI is InChI=1S/C14H21N5O2/c1-15-13(20)9-18-4-6-19(7-5-18)14(21)12-8-11(16-17-12)10-2-3-10/h8,10H,2-7,9H2,1H3,(H,15,20)(H,16,17). The van der Waals surface area contributed by atoms with E-state index in [1.807, 2.05) is 11.0 Å². The van der Waals surface area contributed by atoms with Crippen LogP contribution in [-0.4, -0.2) is 71.6 Å². The SMILES string of the molecule is CNC(=O)CN1CCN(C(=O)c2cc(C3CC3)[nH]n2)CC1. The quantitative estimate of drug-likeness (QED) is 0.804. The Bertz CT molecular complexity index is 529. The molecule has 0 bridgehead atoms. The number of hydrogen-bond donors (Lipinski definition) is 2. The fourth-order valence-corrected chi connectivity index (χ4v) is 2.60. The van der Waals surface area contributed by atoms with Crippen molar-refractivity contribution in [2.75, 3.05) is 39.8 Å². The van der Waals surface area contributed by atoms with E-state index in [0.717, 1.165) is 18.8 Å². The molecular formula is C14H21N5O2. The number of carbonyl (C=O) groups excluding carboxylic acids is 2. The summed E-state index contributed by atoms with van der Waals surface area (Å²) in [5, 5.41) is 9.72. The van der Waals surface area contributed by atoms with Crippen molar-refractivity contribution in [3.05, 3.63) is 17.5 Å². The smallest absolute Gasteiger partial charge is 0.274 e. The molecule has 21 heavy (non-hydrogen) atoms. The molecule has 7 nitrogen and oxygen atoms in total. The van der Waals surface area contributed by atoms with Crippen molar-refractivity contribution in [3.63, 3.8) is 0 Å². The minimum absolute atomic E-state index is 0.0103. The highest BCUT2D eigenvalue weighted by Gasteiger charge is 2.28. The lowest BCUT2D eigenvalue weighted by Crippen LogP contribution is -2.50. The van der Waals surface area contributed by atoms with Gasteiger partial charge in [-0.15, -0.1) is 0 Å². The maximum absolute atomic E-state index is 12.4. The third-order valence-electron chi connectivity index (χ3n) is 4.14. The Labute approximate surface area is 123 Å². The summed E-state index contributed by atoms with van der Waals surface area (Å²) in [4.78, 5) is 27.6. The highest BCUT2D eigenvalue weighted by Crippen LogP contribution is 2.39. The molecule has 1 aliphatic heterocycles. The maximum atomic E-state index is 12.4. The Morgan fingerprint density at radius 2 is 2.05 bits per heavy atom. The minimum Gasteiger partial charge on any atom is -0.358 e. The predicted molar refractivity (Wildman–Crippen MR) is 77.0 cm³/mol. The van der Waals surface area contributed by atoms with Gasteiger partial charge in [-0.1, -0.05) is 0 Å². The van der Waals surface area contributed by atoms with Crippen molar-refractivity contribution in [2.24, 2.45) is 0 Å². The molecule has 2 fully saturated rings. The summed E-state index contributed by atoms with van der Waals surface area (Å²) in [6.07, 6.45) is 2.38. The molecule has 2 N–H and O–H groups in total. The molecule has 1 aliphatic carbocycles. The number of H-pyrrole nitrogens is 1. The second-order valence-electron chi connectivity index (χ2n) is 5.72. The summed E-state index contributed by atoms with van der Waals surface area (Å²) in [6.45, 7) is 3.12. The van der Waals surface area contributed by atoms with Gasteiger partial charge in [0, 0.05) is 44.8 Å². The average molecular weight is 291 g/mol. The van der Waals surface area contributed by atoms with Gasteiger partial charge in [0.2, 0.25) is 5.91 Å². The molecule has 1 saturated heterocycles. The number of carbonyl (C=O) groups is 2. The Kier molecular flexibility index (Phi) is 3.92. The summed E-state index contributed by atoms with van der Waals surface area (Å²) in [5.74, 6) is 0.567. The maximum Gasteiger partial charge on any atom is 0.274 e. The van der Waals surface area contributed by atoms with Gasteiger partial charge in [0.05, 0.1) is 6.54 Å². The van der Waals surface area contributed by atoms with Gasteiger partial charge in [-0.05, 0) is 18.9 Å². The van der Waals surface area contributed by atoms with Crippen molar-refractivity contribution < 1.29 is 9.59 Å². The first-order valence-corrected chi connectivity index (χ1v) is 7.45. The number of hydrogen-bond acceptors (Lipinski definition) is 4. The highest BCUT2D eigenvalue weighted by atomic mass is 16.2. The molecule has 7 heteroatoms. The Balaban J connectivity index is 1.53. The molecule has 114 valence electrons. The van der Waals surface area contributed by atoms with Crippen LogP contribution in [0.25, 0.3) is 0 Å². The molecule has 0 unspecified atom stereocenters. The number of amides is 2. The van der Waals surface area contributed by atoms with Crippen molar-refractivity contribution in [1.29, 1.82) is 0 Å². The third kappa shape index (κ3) is 3.24. The van der Waals surface area contributed by atoms with Gasteiger partial charge in [0.15, 0.2) is 0 Å². The normalized spacial score (nSPS) is 19.6. The lowest BCUT2D eigenvalue weighted by atomic mass is 10.2. The lowest BCUT2D eigenvalue weighted by Gasteiger charge is -2.33. The molecule has 0 aromatic carbocycles. The third-order valence-corrected chi connectivity index (χ3v) is 4.14. The number of nitrogens with zero attached hydrogens (tertiary/aromatic N) is 3. The zero-order valence-electron chi connectivity index (χ0n) is 12.3. The first kappa shape index (κ1) is 14.1. The zero-order chi connectivity index (χ0) is 14.8. The molecule has 1 aromatic heterocycles. The number of piperazine rings is 1. The Morgan fingerprint density at radius 1 is 1.33 bits per heavy atom. The molecule has 2 amide bonds. The monoisotopic (exact) mass is 291 g/mol. The molecule has 1 aromatic rings. The van der Waals surface area contributed by atoms with Crippen LogP contribution >= 0.6 is 0 Å². The van der Waals surface area contributed by atoms with Crippen molar-refractivity contribution in [2.45, 2.75) is 18.8 Å². The van der Waals surface area contributed by atoms with E-state index in [2.05, 4.69) is 20.4 Å². The first-order valence-electron chi connectivity index (χ1n) is 7.45. The topological polar surface area (TPSA) is 81.3 Å². The molecule has 1 saturated carbocycles. The van der Waals surface area contributed by atoms with Gasteiger partial charge in [-0.3, -0.25) is 19.6 Å². The van der Waals surface area contributed by atoms with Gasteiger partial charge >= 0.3 is 0 Å². The van der Waals surface area contributed by atoms with E-state index in [0.29, 0.717) is 31.2 Å². The van der Waals surface area contributed by atoms with E-state index >= 15 is 0 Å². The number of likely N-dealkylation sites (N-methyl/N-ethyl adjacent to an activating group) is 1. The van der Waals surface area contributed by atoms with Gasteiger partial charge in [0.1, 0.15) is 5.69 Å². The summed E-state index contributed by atoms with van der Waals surface area (Å²) in [5.41, 5.74) is 1.59. The first-order chi connectivity index (χ1) is 10.2. The van der Waals surface area contributed by atoms with Crippen LogP contribution in [-0.2, 0) is 4.79 Å². The Morgan fingerprint density at radius 3 is 2.67 bits per heavy atom. The van der Waals surface area contributed by atoms with Crippen LogP contribution in [0.2, 0.25) is 0 Å². The van der Waals surface area contributed by atoms with E-state index in [-0.39, 0.29) is 11.8 Å². The van der Waals surface area contributed by atoms with Gasteiger partial charge < -0.3 is 10.2 Å². The molecule has 2 aliphatic rings. The molecule has 0 radical (unpaired) electrons. The van der Waals surface area contributed by atoms with Gasteiger partial charge in [-0.25, -0.2) is 0 Å². The van der Waals surface area contributed by atoms with Crippen LogP contribution in [0.1, 0.15) is 34.9 Å². The van der Waals surface area contributed by atoms with Crippen LogP contribution in [0.15, 0.2) is 6.07 Å². The van der Waals surface area contributed by atoms with Crippen LogP contribution in [0.4, 0.5) is 0 Å². The van der Waals surface area contributed by atoms with E-state index in [9.17, 15) is 9.59 Å². The predicted octanol–water partition coefficient (Wildman–Crippen LogP) is -0.209. The van der Waals surface area contributed by atoms with E-state index in [1.165, 1.54) is 12.8 Å². The van der Waals surface area contributed by atoms with E-state index < -0.39 is 0 Å². The summed E-state index contributed by atoms with van der Waals surface area (Å²) >= 11 is 0. The summed E-state index contributed by atoms with van der Waals surface area (Å²) in [6, 6.07) is 1.89. The van der Waals surface area contributed by atoms with Crippen molar-refractivity contribution >= 4 is 11.8 Å². The van der Waals surface area contributed by atoms with Crippen LogP contribution in [0.3, 0.4) is 0 Å². The molecule has 0 atom stereocenters. The van der Waals surface area contributed by atoms with Crippen LogP contribution in [0.5, 0.6) is 0 Å². The van der Waals surface area contributed by atoms with Gasteiger partial charge in [0.25, 0.3) is 5.91 Å². The number of rotatable bonds is 4. The molecule has 3 rings (SSSR count). The summed E-state index contributed by atoms with van der Waals surface area (Å²) in [7, 11) is 1.64. The highest BCUT2D eigenvalue weighted by molar-refractivity contribution is 5.92. The number of aromatic nitrogens is 2. The molecule has 0 spiro atoms. The second kappa shape index (κ2) is 5.85. The van der Waals surface area contributed by atoms with Gasteiger partial charge in [-0.2, -0.15) is 5.10 Å². The lowest BCUT2D eigenvalue weighted by molar-refractivity contribution is -0.122. The number of aromatic amines is 1. The summed E-state index contributed by atoms with van der Waals surface area (Å²) < 4.78 is 0. The van der Waals surface area contributed by atoms with E-state index in [4.69, 9.17) is 0 Å². The molecular weight excluding hydrogens is 270 g/mol. The average Bonchev–Trinajstić information content (AvgIpc) is 3.24. The van der Waals surface area contributed by atoms with Crippen LogP contribution in [0, 0.1) is 0 Å². The fourth-order valence-electron chi connectivity index (χ4n) is 2.60. The molecule has 2 heterocycles. The second-order valence-corrected chi connectivity index (χ2v) is 5.72. The van der Waals surface area contributed by atoms with E-state index in [1.54, 1.807) is 7.05 Å². The number of nitrogens with one attached hydrogen (secondary N) is 2. The minimum atomic E-state index is -0.0160. The zero-order valence-corrected chi connectivity index (χ0v) is 12.3. The van der Waals surface area contributed by atoms with Crippen molar-refractivity contribution in [3.8, 4) is 0 Å².